The van der Waals surface area contributed by atoms with E-state index in [1.165, 1.54) is 4.90 Å². The summed E-state index contributed by atoms with van der Waals surface area (Å²) in [5.74, 6) is -0.0312. The Morgan fingerprint density at radius 1 is 1.03 bits per heavy atom. The zero-order valence-electron chi connectivity index (χ0n) is 17.9. The number of benzene rings is 2. The lowest BCUT2D eigenvalue weighted by atomic mass is 10.0. The zero-order valence-corrected chi connectivity index (χ0v) is 17.9. The second kappa shape index (κ2) is 9.13. The number of hydrogen-bond donors (Lipinski definition) is 1. The van der Waals surface area contributed by atoms with Crippen LogP contribution in [0.5, 0.6) is 5.75 Å². The largest absolute Gasteiger partial charge is 0.494 e. The van der Waals surface area contributed by atoms with Gasteiger partial charge >= 0.3 is 0 Å². The normalized spacial score (nSPS) is 14.0. The Hall–Kier alpha value is -3.12. The van der Waals surface area contributed by atoms with Gasteiger partial charge in [0.2, 0.25) is 0 Å². The lowest BCUT2D eigenvalue weighted by Crippen LogP contribution is -2.35. The van der Waals surface area contributed by atoms with Crippen LogP contribution in [0.15, 0.2) is 48.2 Å². The minimum Gasteiger partial charge on any atom is -0.494 e. The lowest BCUT2D eigenvalue weighted by molar-refractivity contribution is -0.120. The number of hydrogen-bond acceptors (Lipinski definition) is 5. The van der Waals surface area contributed by atoms with Gasteiger partial charge in [0, 0.05) is 13.6 Å². The van der Waals surface area contributed by atoms with Gasteiger partial charge in [-0.05, 0) is 55.2 Å². The molecule has 0 saturated heterocycles. The molecule has 0 bridgehead atoms. The highest BCUT2D eigenvalue weighted by Crippen LogP contribution is 2.36. The van der Waals surface area contributed by atoms with Crippen molar-refractivity contribution in [1.29, 1.82) is 0 Å². The Labute approximate surface area is 177 Å². The molecular formula is C24H28N2O4. The summed E-state index contributed by atoms with van der Waals surface area (Å²) >= 11 is 0. The third-order valence-corrected chi connectivity index (χ3v) is 5.31. The van der Waals surface area contributed by atoms with Gasteiger partial charge < -0.3 is 14.7 Å². The summed E-state index contributed by atoms with van der Waals surface area (Å²) in [4.78, 5) is 29.8. The monoisotopic (exact) mass is 408 g/mol. The van der Waals surface area contributed by atoms with Crippen molar-refractivity contribution >= 4 is 23.1 Å². The molecule has 1 aliphatic heterocycles. The van der Waals surface area contributed by atoms with Crippen LogP contribution in [0.2, 0.25) is 0 Å². The highest BCUT2D eigenvalue weighted by atomic mass is 16.5. The molecule has 1 heterocycles. The minimum absolute atomic E-state index is 0.123. The number of ether oxygens (including phenoxy) is 1. The molecule has 158 valence electrons. The molecule has 0 spiro atoms. The van der Waals surface area contributed by atoms with Crippen molar-refractivity contribution in [3.8, 4) is 5.75 Å². The Morgan fingerprint density at radius 2 is 1.73 bits per heavy atom. The van der Waals surface area contributed by atoms with Crippen LogP contribution in [0.25, 0.3) is 5.57 Å². The van der Waals surface area contributed by atoms with Crippen molar-refractivity contribution in [2.75, 3.05) is 31.7 Å². The van der Waals surface area contributed by atoms with Crippen LogP contribution in [0.1, 0.15) is 30.0 Å². The Bertz CT molecular complexity index is 979. The van der Waals surface area contributed by atoms with Gasteiger partial charge in [-0.3, -0.25) is 9.59 Å². The SMILES string of the molecule is CCCOc1ccc(C2=C(N(C)CCO)C(=O)N(c3cccc(C)c3C)C2=O)cc1. The third-order valence-electron chi connectivity index (χ3n) is 5.31. The summed E-state index contributed by atoms with van der Waals surface area (Å²) < 4.78 is 5.63. The Kier molecular flexibility index (Phi) is 6.57. The molecule has 3 rings (SSSR count). The smallest absolute Gasteiger partial charge is 0.282 e. The second-order valence-electron chi connectivity index (χ2n) is 7.41. The first-order chi connectivity index (χ1) is 14.4. The van der Waals surface area contributed by atoms with Crippen LogP contribution < -0.4 is 9.64 Å². The summed E-state index contributed by atoms with van der Waals surface area (Å²) in [6.45, 7) is 6.63. The fraction of sp³-hybridized carbons (Fsp3) is 0.333. The predicted octanol–water partition coefficient (Wildman–Crippen LogP) is 3.30. The van der Waals surface area contributed by atoms with Crippen molar-refractivity contribution in [2.45, 2.75) is 27.2 Å². The standard InChI is InChI=1S/C24H28N2O4/c1-5-15-30-19-11-9-18(10-12-19)21-22(25(4)13-14-27)24(29)26(23(21)28)20-8-6-7-16(2)17(20)3/h6-12,27H,5,13-15H2,1-4H3. The molecule has 2 aromatic carbocycles. The molecule has 2 aromatic rings. The molecule has 6 heteroatoms. The van der Waals surface area contributed by atoms with Gasteiger partial charge in [0.15, 0.2) is 0 Å². The Balaban J connectivity index is 2.07. The van der Waals surface area contributed by atoms with E-state index in [1.807, 2.05) is 32.9 Å². The van der Waals surface area contributed by atoms with E-state index in [4.69, 9.17) is 4.74 Å². The predicted molar refractivity (Wildman–Crippen MR) is 117 cm³/mol. The van der Waals surface area contributed by atoms with Crippen molar-refractivity contribution in [3.05, 3.63) is 64.9 Å². The molecule has 2 amide bonds. The van der Waals surface area contributed by atoms with Crippen LogP contribution in [-0.4, -0.2) is 48.6 Å². The number of aliphatic hydroxyl groups excluding tert-OH is 1. The van der Waals surface area contributed by atoms with Crippen molar-refractivity contribution in [2.24, 2.45) is 0 Å². The van der Waals surface area contributed by atoms with Crippen molar-refractivity contribution in [3.63, 3.8) is 0 Å². The third kappa shape index (κ3) is 3.96. The van der Waals surface area contributed by atoms with E-state index in [2.05, 4.69) is 0 Å². The molecule has 0 aromatic heterocycles. The Morgan fingerprint density at radius 3 is 2.37 bits per heavy atom. The molecule has 0 radical (unpaired) electrons. The average molecular weight is 408 g/mol. The van der Waals surface area contributed by atoms with Crippen LogP contribution in [0.3, 0.4) is 0 Å². The number of anilines is 1. The molecule has 6 nitrogen and oxygen atoms in total. The molecule has 0 fully saturated rings. The topological polar surface area (TPSA) is 70.1 Å². The maximum Gasteiger partial charge on any atom is 0.282 e. The number of likely N-dealkylation sites (N-methyl/N-ethyl adjacent to an activating group) is 1. The fourth-order valence-corrected chi connectivity index (χ4v) is 3.53. The number of nitrogens with zero attached hydrogens (tertiary/aromatic N) is 2. The van der Waals surface area contributed by atoms with E-state index in [1.54, 1.807) is 42.3 Å². The van der Waals surface area contributed by atoms with Crippen LogP contribution >= 0.6 is 0 Å². The van der Waals surface area contributed by atoms with Gasteiger partial charge in [-0.15, -0.1) is 0 Å². The summed E-state index contributed by atoms with van der Waals surface area (Å²) in [6.07, 6.45) is 0.904. The minimum atomic E-state index is -0.383. The van der Waals surface area contributed by atoms with Gasteiger partial charge in [0.05, 0.1) is 24.5 Å². The van der Waals surface area contributed by atoms with Crippen molar-refractivity contribution in [1.82, 2.24) is 4.90 Å². The molecule has 0 saturated carbocycles. The number of carbonyl (C=O) groups excluding carboxylic acids is 2. The quantitative estimate of drug-likeness (QED) is 0.679. The van der Waals surface area contributed by atoms with Gasteiger partial charge in [0.1, 0.15) is 11.4 Å². The fourth-order valence-electron chi connectivity index (χ4n) is 3.53. The van der Waals surface area contributed by atoms with Crippen LogP contribution in [0, 0.1) is 13.8 Å². The van der Waals surface area contributed by atoms with Crippen LogP contribution in [0.4, 0.5) is 5.69 Å². The van der Waals surface area contributed by atoms with Gasteiger partial charge in [0.25, 0.3) is 11.8 Å². The first-order valence-corrected chi connectivity index (χ1v) is 10.1. The maximum absolute atomic E-state index is 13.5. The van der Waals surface area contributed by atoms with E-state index >= 15 is 0 Å². The summed E-state index contributed by atoms with van der Waals surface area (Å²) in [6, 6.07) is 12.8. The average Bonchev–Trinajstić information content (AvgIpc) is 2.99. The van der Waals surface area contributed by atoms with Gasteiger partial charge in [-0.25, -0.2) is 4.90 Å². The highest BCUT2D eigenvalue weighted by molar-refractivity contribution is 6.45. The molecule has 1 N–H and O–H groups in total. The van der Waals surface area contributed by atoms with E-state index in [0.717, 1.165) is 23.3 Å². The van der Waals surface area contributed by atoms with E-state index in [-0.39, 0.29) is 30.7 Å². The lowest BCUT2D eigenvalue weighted by Gasteiger charge is -2.21. The van der Waals surface area contributed by atoms with E-state index < -0.39 is 0 Å². The van der Waals surface area contributed by atoms with Gasteiger partial charge in [-0.2, -0.15) is 0 Å². The first-order valence-electron chi connectivity index (χ1n) is 10.1. The number of amides is 2. The highest BCUT2D eigenvalue weighted by Gasteiger charge is 2.42. The molecule has 0 atom stereocenters. The molecular weight excluding hydrogens is 380 g/mol. The summed E-state index contributed by atoms with van der Waals surface area (Å²) in [5, 5.41) is 9.40. The van der Waals surface area contributed by atoms with Crippen molar-refractivity contribution < 1.29 is 19.4 Å². The first kappa shape index (κ1) is 21.6. The summed E-state index contributed by atoms with van der Waals surface area (Å²) in [5.41, 5.74) is 3.73. The zero-order chi connectivity index (χ0) is 21.8. The number of aryl methyl sites for hydroxylation is 1. The van der Waals surface area contributed by atoms with Gasteiger partial charge in [-0.1, -0.05) is 31.2 Å². The maximum atomic E-state index is 13.5. The molecule has 0 unspecified atom stereocenters. The molecule has 0 aliphatic carbocycles. The second-order valence-corrected chi connectivity index (χ2v) is 7.41. The summed E-state index contributed by atoms with van der Waals surface area (Å²) in [7, 11) is 1.71. The number of imide groups is 1. The number of rotatable bonds is 8. The molecule has 1 aliphatic rings. The van der Waals surface area contributed by atoms with E-state index in [0.29, 0.717) is 23.4 Å². The van der Waals surface area contributed by atoms with E-state index in [9.17, 15) is 14.7 Å². The molecule has 30 heavy (non-hydrogen) atoms. The number of carbonyl (C=O) groups is 2. The van der Waals surface area contributed by atoms with Crippen LogP contribution in [-0.2, 0) is 9.59 Å². The number of aliphatic hydroxyl groups is 1.